The molecule has 1 aliphatic rings. The fourth-order valence-corrected chi connectivity index (χ4v) is 5.39. The zero-order valence-electron chi connectivity index (χ0n) is 22.5. The van der Waals surface area contributed by atoms with Crippen LogP contribution in [0.5, 0.6) is 17.2 Å². The number of benzene rings is 3. The maximum absolute atomic E-state index is 15.0. The molecule has 2 atom stereocenters. The van der Waals surface area contributed by atoms with Crippen LogP contribution >= 0.6 is 0 Å². The van der Waals surface area contributed by atoms with Gasteiger partial charge >= 0.3 is 5.97 Å². The van der Waals surface area contributed by atoms with Crippen LogP contribution in [-0.4, -0.2) is 32.6 Å². The number of aromatic nitrogens is 3. The summed E-state index contributed by atoms with van der Waals surface area (Å²) >= 11 is 0. The van der Waals surface area contributed by atoms with Gasteiger partial charge in [0.05, 0.1) is 29.3 Å². The van der Waals surface area contributed by atoms with Crippen LogP contribution in [0.15, 0.2) is 54.9 Å². The van der Waals surface area contributed by atoms with Crippen molar-refractivity contribution in [2.24, 2.45) is 5.92 Å². The lowest BCUT2D eigenvalue weighted by Crippen LogP contribution is -2.32. The molecule has 1 aliphatic heterocycles. The van der Waals surface area contributed by atoms with E-state index < -0.39 is 46.3 Å². The third-order valence-electron chi connectivity index (χ3n) is 7.84. The first-order valence-corrected chi connectivity index (χ1v) is 13.2. The Bertz CT molecular complexity index is 1850. The number of carboxylic acids is 1. The molecule has 3 N–H and O–H groups in total. The van der Waals surface area contributed by atoms with Crippen LogP contribution in [0, 0.1) is 29.2 Å². The molecule has 1 unspecified atom stereocenters. The normalized spacial score (nSPS) is 17.1. The van der Waals surface area contributed by atoms with Crippen molar-refractivity contribution in [1.82, 2.24) is 15.0 Å². The Morgan fingerprint density at radius 1 is 1.12 bits per heavy atom. The number of hydrogen-bond acceptors (Lipinski definition) is 4. The predicted molar refractivity (Wildman–Crippen MR) is 146 cm³/mol. The average molecular weight is 580 g/mol. The minimum atomic E-state index is -1.52. The number of carbonyl (C=O) groups is 1. The summed E-state index contributed by atoms with van der Waals surface area (Å²) in [5, 5.41) is 9.20. The van der Waals surface area contributed by atoms with Crippen LogP contribution in [0.4, 0.5) is 17.6 Å². The lowest BCUT2D eigenvalue weighted by atomic mass is 9.74. The molecule has 0 saturated carbocycles. The van der Waals surface area contributed by atoms with Gasteiger partial charge < -0.3 is 24.5 Å². The van der Waals surface area contributed by atoms with Crippen LogP contribution in [-0.2, 0) is 16.6 Å². The number of nitrogens with zero attached hydrogens (tertiary/aromatic N) is 1. The van der Waals surface area contributed by atoms with Crippen molar-refractivity contribution in [3.05, 3.63) is 94.9 Å². The number of nitrogens with one attached hydrogen (secondary N) is 2. The van der Waals surface area contributed by atoms with Gasteiger partial charge in [0.15, 0.2) is 11.6 Å². The van der Waals surface area contributed by atoms with E-state index in [0.29, 0.717) is 30.9 Å². The number of rotatable bonds is 7. The third-order valence-corrected chi connectivity index (χ3v) is 7.84. The number of imidazole rings is 1. The summed E-state index contributed by atoms with van der Waals surface area (Å²) in [6.07, 6.45) is 3.78. The highest BCUT2D eigenvalue weighted by atomic mass is 19.2. The Morgan fingerprint density at radius 3 is 2.71 bits per heavy atom. The molecule has 0 radical (unpaired) electrons. The van der Waals surface area contributed by atoms with Gasteiger partial charge in [-0.25, -0.2) is 18.2 Å². The van der Waals surface area contributed by atoms with Crippen LogP contribution in [0.3, 0.4) is 0 Å². The quantitative estimate of drug-likeness (QED) is 0.139. The monoisotopic (exact) mass is 579 g/mol. The summed E-state index contributed by atoms with van der Waals surface area (Å²) in [7, 11) is 0. The van der Waals surface area contributed by atoms with E-state index >= 15 is 4.39 Å². The van der Waals surface area contributed by atoms with E-state index in [4.69, 9.17) is 9.47 Å². The van der Waals surface area contributed by atoms with E-state index in [2.05, 4.69) is 15.0 Å². The number of para-hydroxylation sites is 1. The van der Waals surface area contributed by atoms with Crippen molar-refractivity contribution >= 4 is 16.9 Å². The largest absolute Gasteiger partial charge is 0.493 e. The van der Waals surface area contributed by atoms with Crippen molar-refractivity contribution in [3.63, 3.8) is 0 Å². The maximum atomic E-state index is 15.0. The Kier molecular flexibility index (Phi) is 6.67. The smallest absolute Gasteiger partial charge is 0.306 e. The molecule has 5 aromatic rings. The zero-order valence-corrected chi connectivity index (χ0v) is 22.5. The van der Waals surface area contributed by atoms with E-state index in [9.17, 15) is 23.1 Å². The summed E-state index contributed by atoms with van der Waals surface area (Å²) in [5.74, 6) is -6.41. The topological polar surface area (TPSA) is 100 Å². The van der Waals surface area contributed by atoms with Crippen molar-refractivity contribution < 1.29 is 36.9 Å². The number of hydrogen-bond donors (Lipinski definition) is 3. The highest BCUT2D eigenvalue weighted by Crippen LogP contribution is 2.45. The second kappa shape index (κ2) is 10.2. The molecule has 3 aromatic carbocycles. The van der Waals surface area contributed by atoms with E-state index in [0.717, 1.165) is 17.2 Å². The van der Waals surface area contributed by atoms with Gasteiger partial charge in [-0.2, -0.15) is 4.39 Å². The number of aliphatic carboxylic acids is 1. The number of fused-ring (bicyclic) bond motifs is 2. The van der Waals surface area contributed by atoms with Gasteiger partial charge in [0.25, 0.3) is 0 Å². The fourth-order valence-electron chi connectivity index (χ4n) is 5.39. The van der Waals surface area contributed by atoms with Gasteiger partial charge in [-0.3, -0.25) is 4.79 Å². The van der Waals surface area contributed by atoms with Gasteiger partial charge in [0, 0.05) is 28.8 Å². The molecule has 2 aromatic heterocycles. The van der Waals surface area contributed by atoms with E-state index in [1.807, 2.05) is 25.1 Å². The number of aromatic amines is 2. The van der Waals surface area contributed by atoms with E-state index in [-0.39, 0.29) is 28.0 Å². The minimum Gasteiger partial charge on any atom is -0.493 e. The molecule has 11 heteroatoms. The molecular formula is C31H25F4N3O4. The lowest BCUT2D eigenvalue weighted by Gasteiger charge is -2.35. The molecule has 6 rings (SSSR count). The van der Waals surface area contributed by atoms with Gasteiger partial charge in [0.1, 0.15) is 23.1 Å². The molecule has 216 valence electrons. The molecule has 0 fully saturated rings. The van der Waals surface area contributed by atoms with Crippen LogP contribution < -0.4 is 9.47 Å². The number of ether oxygens (including phenoxy) is 2. The molecule has 0 saturated heterocycles. The van der Waals surface area contributed by atoms with Crippen LogP contribution in [0.25, 0.3) is 22.3 Å². The summed E-state index contributed by atoms with van der Waals surface area (Å²) in [6.45, 7) is 3.97. The van der Waals surface area contributed by atoms with Gasteiger partial charge in [-0.1, -0.05) is 25.1 Å². The molecule has 0 amide bonds. The van der Waals surface area contributed by atoms with Gasteiger partial charge in [-0.05, 0) is 49.6 Å². The molecule has 0 bridgehead atoms. The molecule has 7 nitrogen and oxygen atoms in total. The Balaban J connectivity index is 1.34. The molecule has 0 aliphatic carbocycles. The van der Waals surface area contributed by atoms with Crippen LogP contribution in [0.2, 0.25) is 0 Å². The average Bonchev–Trinajstić information content (AvgIpc) is 3.67. The third kappa shape index (κ3) is 4.45. The molecular weight excluding hydrogens is 554 g/mol. The molecule has 42 heavy (non-hydrogen) atoms. The van der Waals surface area contributed by atoms with Crippen molar-refractivity contribution in [2.75, 3.05) is 6.61 Å². The lowest BCUT2D eigenvalue weighted by molar-refractivity contribution is -0.141. The molecule has 0 spiro atoms. The number of halogens is 4. The Morgan fingerprint density at radius 2 is 1.93 bits per heavy atom. The number of carboxylic acid groups (broad SMARTS) is 1. The Labute approximate surface area is 237 Å². The SMILES string of the molecule is C[C@@H](Cc1cccc2c1OCCC2(C)c1c[nH]c(-c2cc(Oc3c(F)c(F)c4[nH]ccc4c3F)ccc2F)n1)C(=O)O. The van der Waals surface area contributed by atoms with Crippen molar-refractivity contribution in [1.29, 1.82) is 0 Å². The second-order valence-corrected chi connectivity index (χ2v) is 10.6. The minimum absolute atomic E-state index is 0.0253. The van der Waals surface area contributed by atoms with E-state index in [1.165, 1.54) is 24.4 Å². The van der Waals surface area contributed by atoms with Crippen molar-refractivity contribution in [3.8, 4) is 28.6 Å². The highest BCUT2D eigenvalue weighted by molar-refractivity contribution is 5.82. The van der Waals surface area contributed by atoms with Crippen molar-refractivity contribution in [2.45, 2.75) is 32.1 Å². The Hall–Kier alpha value is -4.80. The second-order valence-electron chi connectivity index (χ2n) is 10.6. The van der Waals surface area contributed by atoms with E-state index in [1.54, 1.807) is 13.1 Å². The van der Waals surface area contributed by atoms with Gasteiger partial charge in [-0.15, -0.1) is 0 Å². The first kappa shape index (κ1) is 27.4. The zero-order chi connectivity index (χ0) is 29.8. The first-order chi connectivity index (χ1) is 20.1. The highest BCUT2D eigenvalue weighted by Gasteiger charge is 2.38. The first-order valence-electron chi connectivity index (χ1n) is 13.2. The van der Waals surface area contributed by atoms with Gasteiger partial charge in [0.2, 0.25) is 11.6 Å². The standard InChI is InChI=1S/C31H25F4N3O4/c1-15(30(39)40)12-16-4-3-5-20-27(16)41-11-9-31(20,2)22-14-37-29(38-22)19-13-17(6-7-21(19)32)42-28-23(33)18-8-10-36-26(18)24(34)25(28)35/h3-8,10,13-15,36H,9,11-12H2,1-2H3,(H,37,38)(H,39,40)/t15-,31?/m0/s1. The van der Waals surface area contributed by atoms with Crippen LogP contribution in [0.1, 0.15) is 37.1 Å². The summed E-state index contributed by atoms with van der Waals surface area (Å²) in [6, 6.07) is 10.3. The predicted octanol–water partition coefficient (Wildman–Crippen LogP) is 7.26. The summed E-state index contributed by atoms with van der Waals surface area (Å²) in [5.41, 5.74) is 1.19. The summed E-state index contributed by atoms with van der Waals surface area (Å²) < 4.78 is 70.5. The molecule has 3 heterocycles. The summed E-state index contributed by atoms with van der Waals surface area (Å²) in [4.78, 5) is 21.6. The maximum Gasteiger partial charge on any atom is 0.306 e. The number of H-pyrrole nitrogens is 2. The fraction of sp³-hybridized carbons (Fsp3) is 0.226.